The number of thioether (sulfide) groups is 2. The Hall–Kier alpha value is -0.620. The molecule has 1 aliphatic rings. The fourth-order valence-electron chi connectivity index (χ4n) is 2.42. The zero-order chi connectivity index (χ0) is 13.0. The van der Waals surface area contributed by atoms with E-state index < -0.39 is 5.97 Å². The second-order valence-corrected chi connectivity index (χ2v) is 6.75. The Morgan fingerprint density at radius 1 is 1.61 bits per heavy atom. The van der Waals surface area contributed by atoms with Crippen molar-refractivity contribution >= 4 is 29.5 Å². The summed E-state index contributed by atoms with van der Waals surface area (Å²) in [5.41, 5.74) is 0. The minimum atomic E-state index is -0.791. The number of rotatable bonds is 6. The molecule has 2 unspecified atom stereocenters. The van der Waals surface area contributed by atoms with Crippen molar-refractivity contribution in [2.45, 2.75) is 42.6 Å². The average Bonchev–Trinajstić information content (AvgIpc) is 2.94. The first-order valence-electron chi connectivity index (χ1n) is 6.21. The van der Waals surface area contributed by atoms with E-state index in [-0.39, 0.29) is 5.75 Å². The van der Waals surface area contributed by atoms with Crippen LogP contribution in [0.1, 0.15) is 32.2 Å². The second kappa shape index (κ2) is 6.52. The third kappa shape index (κ3) is 3.23. The van der Waals surface area contributed by atoms with Crippen LogP contribution in [0.2, 0.25) is 0 Å². The van der Waals surface area contributed by atoms with Gasteiger partial charge in [-0.3, -0.25) is 4.79 Å². The molecular formula is C12H18N2O2S2. The van der Waals surface area contributed by atoms with Gasteiger partial charge in [0, 0.05) is 23.7 Å². The highest BCUT2D eigenvalue weighted by atomic mass is 32.2. The zero-order valence-electron chi connectivity index (χ0n) is 10.4. The summed E-state index contributed by atoms with van der Waals surface area (Å²) in [7, 11) is 0. The summed E-state index contributed by atoms with van der Waals surface area (Å²) in [5.74, 6) is 0.420. The molecule has 0 aromatic carbocycles. The van der Waals surface area contributed by atoms with Crippen LogP contribution in [-0.4, -0.2) is 37.4 Å². The van der Waals surface area contributed by atoms with Crippen molar-refractivity contribution in [3.05, 3.63) is 12.4 Å². The van der Waals surface area contributed by atoms with Gasteiger partial charge in [0.25, 0.3) is 0 Å². The highest BCUT2D eigenvalue weighted by Crippen LogP contribution is 2.40. The molecule has 1 aliphatic carbocycles. The molecule has 1 N–H and O–H groups in total. The maximum atomic E-state index is 10.6. The van der Waals surface area contributed by atoms with E-state index in [1.165, 1.54) is 31.0 Å². The van der Waals surface area contributed by atoms with E-state index in [0.717, 1.165) is 10.9 Å². The number of hydrogen-bond acceptors (Lipinski definition) is 4. The molecule has 0 aliphatic heterocycles. The number of carboxylic acid groups (broad SMARTS) is 1. The fraction of sp³-hybridized carbons (Fsp3) is 0.667. The number of imidazole rings is 1. The Bertz CT molecular complexity index is 409. The molecule has 1 fully saturated rings. The lowest BCUT2D eigenvalue weighted by Gasteiger charge is -2.21. The predicted octanol–water partition coefficient (Wildman–Crippen LogP) is 2.91. The normalized spacial score (nSPS) is 23.4. The van der Waals surface area contributed by atoms with Crippen LogP contribution in [0, 0.1) is 0 Å². The molecule has 4 nitrogen and oxygen atoms in total. The molecule has 100 valence electrons. The molecular weight excluding hydrogens is 268 g/mol. The number of hydrogen-bond donors (Lipinski definition) is 1. The Morgan fingerprint density at radius 3 is 3.17 bits per heavy atom. The molecule has 0 bridgehead atoms. The van der Waals surface area contributed by atoms with Crippen LogP contribution >= 0.6 is 23.5 Å². The van der Waals surface area contributed by atoms with Crippen molar-refractivity contribution in [2.75, 3.05) is 11.5 Å². The molecule has 1 heterocycles. The van der Waals surface area contributed by atoms with Crippen molar-refractivity contribution in [1.82, 2.24) is 9.55 Å². The van der Waals surface area contributed by atoms with Gasteiger partial charge in [-0.25, -0.2) is 4.98 Å². The lowest BCUT2D eigenvalue weighted by molar-refractivity contribution is -0.133. The van der Waals surface area contributed by atoms with Crippen molar-refractivity contribution in [1.29, 1.82) is 0 Å². The molecule has 1 saturated carbocycles. The summed E-state index contributed by atoms with van der Waals surface area (Å²) in [4.78, 5) is 14.9. The Kier molecular flexibility index (Phi) is 5.00. The predicted molar refractivity (Wildman–Crippen MR) is 75.4 cm³/mol. The van der Waals surface area contributed by atoms with E-state index in [9.17, 15) is 4.79 Å². The maximum absolute atomic E-state index is 10.6. The topological polar surface area (TPSA) is 55.1 Å². The standard InChI is InChI=1S/C12H18N2O2S2/c1-2-17-10-5-3-4-9(10)14-7-6-13-12(14)18-8-11(15)16/h6-7,9-10H,2-5,8H2,1H3,(H,15,16). The van der Waals surface area contributed by atoms with E-state index >= 15 is 0 Å². The minimum Gasteiger partial charge on any atom is -0.481 e. The summed E-state index contributed by atoms with van der Waals surface area (Å²) in [6.07, 6.45) is 7.45. The van der Waals surface area contributed by atoms with Crippen LogP contribution in [0.3, 0.4) is 0 Å². The zero-order valence-corrected chi connectivity index (χ0v) is 12.0. The molecule has 2 atom stereocenters. The fourth-order valence-corrected chi connectivity index (χ4v) is 4.41. The second-order valence-electron chi connectivity index (χ2n) is 4.29. The van der Waals surface area contributed by atoms with Crippen LogP contribution in [0.5, 0.6) is 0 Å². The van der Waals surface area contributed by atoms with Gasteiger partial charge in [-0.1, -0.05) is 25.1 Å². The number of carboxylic acids is 1. The first-order valence-corrected chi connectivity index (χ1v) is 8.24. The summed E-state index contributed by atoms with van der Waals surface area (Å²) < 4.78 is 2.17. The van der Waals surface area contributed by atoms with E-state index in [0.29, 0.717) is 11.3 Å². The highest BCUT2D eigenvalue weighted by Gasteiger charge is 2.29. The van der Waals surface area contributed by atoms with Gasteiger partial charge in [0.2, 0.25) is 0 Å². The Labute approximate surface area is 116 Å². The van der Waals surface area contributed by atoms with Crippen LogP contribution in [0.25, 0.3) is 0 Å². The van der Waals surface area contributed by atoms with Crippen LogP contribution in [-0.2, 0) is 4.79 Å². The van der Waals surface area contributed by atoms with Gasteiger partial charge in [0.05, 0.1) is 5.75 Å². The molecule has 0 saturated heterocycles. The summed E-state index contributed by atoms with van der Waals surface area (Å²) in [6, 6.07) is 0.480. The van der Waals surface area contributed by atoms with Crippen molar-refractivity contribution in [3.8, 4) is 0 Å². The number of aliphatic carboxylic acids is 1. The third-order valence-electron chi connectivity index (χ3n) is 3.11. The van der Waals surface area contributed by atoms with Gasteiger partial charge >= 0.3 is 5.97 Å². The van der Waals surface area contributed by atoms with Crippen LogP contribution in [0.4, 0.5) is 0 Å². The largest absolute Gasteiger partial charge is 0.481 e. The summed E-state index contributed by atoms with van der Waals surface area (Å²) >= 11 is 3.32. The first kappa shape index (κ1) is 13.8. The van der Waals surface area contributed by atoms with Gasteiger partial charge in [-0.05, 0) is 18.6 Å². The van der Waals surface area contributed by atoms with Crippen LogP contribution < -0.4 is 0 Å². The van der Waals surface area contributed by atoms with Gasteiger partial charge in [-0.15, -0.1) is 0 Å². The average molecular weight is 286 g/mol. The monoisotopic (exact) mass is 286 g/mol. The first-order chi connectivity index (χ1) is 8.72. The minimum absolute atomic E-state index is 0.0787. The molecule has 0 amide bonds. The third-order valence-corrected chi connectivity index (χ3v) is 5.39. The van der Waals surface area contributed by atoms with E-state index in [1.807, 2.05) is 18.0 Å². The molecule has 0 radical (unpaired) electrons. The molecule has 6 heteroatoms. The van der Waals surface area contributed by atoms with Crippen LogP contribution in [0.15, 0.2) is 17.6 Å². The maximum Gasteiger partial charge on any atom is 0.313 e. The number of aromatic nitrogens is 2. The summed E-state index contributed by atoms with van der Waals surface area (Å²) in [6.45, 7) is 2.19. The molecule has 0 spiro atoms. The smallest absolute Gasteiger partial charge is 0.313 e. The Balaban J connectivity index is 2.07. The van der Waals surface area contributed by atoms with Gasteiger partial charge < -0.3 is 9.67 Å². The lowest BCUT2D eigenvalue weighted by Crippen LogP contribution is -2.17. The molecule has 1 aromatic rings. The highest BCUT2D eigenvalue weighted by molar-refractivity contribution is 8.00. The van der Waals surface area contributed by atoms with Crippen molar-refractivity contribution in [2.24, 2.45) is 0 Å². The van der Waals surface area contributed by atoms with E-state index in [2.05, 4.69) is 16.5 Å². The molecule has 2 rings (SSSR count). The van der Waals surface area contributed by atoms with E-state index in [4.69, 9.17) is 5.11 Å². The van der Waals surface area contributed by atoms with E-state index in [1.54, 1.807) is 6.20 Å². The SMILES string of the molecule is CCSC1CCCC1n1ccnc1SCC(=O)O. The summed E-state index contributed by atoms with van der Waals surface area (Å²) in [5, 5.41) is 10.2. The van der Waals surface area contributed by atoms with Gasteiger partial charge in [-0.2, -0.15) is 11.8 Å². The number of carbonyl (C=O) groups is 1. The Morgan fingerprint density at radius 2 is 2.44 bits per heavy atom. The van der Waals surface area contributed by atoms with Crippen molar-refractivity contribution in [3.63, 3.8) is 0 Å². The van der Waals surface area contributed by atoms with Crippen molar-refractivity contribution < 1.29 is 9.90 Å². The molecule has 18 heavy (non-hydrogen) atoms. The quantitative estimate of drug-likeness (QED) is 0.815. The number of nitrogens with zero attached hydrogens (tertiary/aromatic N) is 2. The van der Waals surface area contributed by atoms with Gasteiger partial charge in [0.1, 0.15) is 0 Å². The van der Waals surface area contributed by atoms with Gasteiger partial charge in [0.15, 0.2) is 5.16 Å². The lowest BCUT2D eigenvalue weighted by atomic mass is 10.2. The molecule has 1 aromatic heterocycles.